The topological polar surface area (TPSA) is 29.5 Å². The van der Waals surface area contributed by atoms with Crippen LogP contribution in [0.3, 0.4) is 0 Å². The number of benzene rings is 1. The van der Waals surface area contributed by atoms with E-state index in [0.717, 1.165) is 10.6 Å². The molecule has 1 N–H and O–H groups in total. The van der Waals surface area contributed by atoms with Crippen LogP contribution in [0.5, 0.6) is 5.75 Å². The van der Waals surface area contributed by atoms with E-state index in [9.17, 15) is 5.11 Å². The van der Waals surface area contributed by atoms with Crippen LogP contribution in [-0.2, 0) is 6.42 Å². The van der Waals surface area contributed by atoms with Crippen LogP contribution >= 0.6 is 11.3 Å². The van der Waals surface area contributed by atoms with Gasteiger partial charge in [0.2, 0.25) is 0 Å². The number of aryl methyl sites for hydroxylation is 2. The van der Waals surface area contributed by atoms with Gasteiger partial charge >= 0.3 is 0 Å². The summed E-state index contributed by atoms with van der Waals surface area (Å²) in [6, 6.07) is 8.25. The first kappa shape index (κ1) is 13.1. The molecule has 0 bridgehead atoms. The lowest BCUT2D eigenvalue weighted by atomic mass is 9.99. The Kier molecular flexibility index (Phi) is 4.04. The highest BCUT2D eigenvalue weighted by Crippen LogP contribution is 2.29. The van der Waals surface area contributed by atoms with Crippen LogP contribution < -0.4 is 4.74 Å². The van der Waals surface area contributed by atoms with E-state index in [1.54, 1.807) is 7.11 Å². The third-order valence-corrected chi connectivity index (χ3v) is 4.09. The molecule has 0 saturated heterocycles. The van der Waals surface area contributed by atoms with E-state index in [1.165, 1.54) is 28.0 Å². The molecule has 96 valence electrons. The molecule has 2 rings (SSSR count). The van der Waals surface area contributed by atoms with Crippen LogP contribution in [0, 0.1) is 13.8 Å². The van der Waals surface area contributed by atoms with Gasteiger partial charge in [0, 0.05) is 16.7 Å². The zero-order valence-electron chi connectivity index (χ0n) is 10.9. The Labute approximate surface area is 112 Å². The number of rotatable bonds is 4. The number of ether oxygens (including phenoxy) is 1. The summed E-state index contributed by atoms with van der Waals surface area (Å²) < 4.78 is 5.14. The molecule has 2 aromatic rings. The Morgan fingerprint density at radius 3 is 2.72 bits per heavy atom. The molecule has 1 heterocycles. The molecule has 0 spiro atoms. The van der Waals surface area contributed by atoms with Gasteiger partial charge in [-0.15, -0.1) is 11.3 Å². The summed E-state index contributed by atoms with van der Waals surface area (Å²) in [4.78, 5) is 0.952. The largest absolute Gasteiger partial charge is 0.496 e. The molecule has 18 heavy (non-hydrogen) atoms. The molecule has 3 heteroatoms. The predicted octanol–water partition coefficient (Wildman–Crippen LogP) is 3.65. The number of hydrogen-bond acceptors (Lipinski definition) is 3. The van der Waals surface area contributed by atoms with E-state index >= 15 is 0 Å². The van der Waals surface area contributed by atoms with Crippen LogP contribution in [0.2, 0.25) is 0 Å². The first-order chi connectivity index (χ1) is 8.60. The number of aliphatic hydroxyl groups excluding tert-OH is 1. The van der Waals surface area contributed by atoms with E-state index in [1.807, 2.05) is 11.4 Å². The first-order valence-corrected chi connectivity index (χ1v) is 6.84. The van der Waals surface area contributed by atoms with Crippen molar-refractivity contribution in [1.82, 2.24) is 0 Å². The van der Waals surface area contributed by atoms with Crippen molar-refractivity contribution in [3.05, 3.63) is 51.2 Å². The van der Waals surface area contributed by atoms with Crippen molar-refractivity contribution < 1.29 is 9.84 Å². The van der Waals surface area contributed by atoms with Crippen molar-refractivity contribution in [3.8, 4) is 5.75 Å². The number of thiophene rings is 1. The molecular formula is C15H18O2S. The van der Waals surface area contributed by atoms with Crippen molar-refractivity contribution in [2.24, 2.45) is 0 Å². The second kappa shape index (κ2) is 5.55. The third kappa shape index (κ3) is 2.92. The van der Waals surface area contributed by atoms with E-state index in [2.05, 4.69) is 32.0 Å². The van der Waals surface area contributed by atoms with Gasteiger partial charge in [0.05, 0.1) is 13.2 Å². The molecule has 0 fully saturated rings. The van der Waals surface area contributed by atoms with Crippen LogP contribution in [0.1, 0.15) is 27.7 Å². The first-order valence-electron chi connectivity index (χ1n) is 5.96. The predicted molar refractivity (Wildman–Crippen MR) is 75.5 cm³/mol. The fourth-order valence-corrected chi connectivity index (χ4v) is 2.79. The third-order valence-electron chi connectivity index (χ3n) is 3.08. The van der Waals surface area contributed by atoms with Gasteiger partial charge in [0.1, 0.15) is 5.75 Å². The quantitative estimate of drug-likeness (QED) is 0.911. The molecule has 1 aromatic heterocycles. The highest BCUT2D eigenvalue weighted by Gasteiger charge is 2.13. The SMILES string of the molecule is COc1csc(C(O)Cc2cc(C)ccc2C)c1. The van der Waals surface area contributed by atoms with Gasteiger partial charge in [-0.3, -0.25) is 0 Å². The van der Waals surface area contributed by atoms with Crippen LogP contribution in [-0.4, -0.2) is 12.2 Å². The summed E-state index contributed by atoms with van der Waals surface area (Å²) in [7, 11) is 1.64. The lowest BCUT2D eigenvalue weighted by Crippen LogP contribution is -2.01. The average Bonchev–Trinajstić information content (AvgIpc) is 2.82. The van der Waals surface area contributed by atoms with Crippen LogP contribution in [0.15, 0.2) is 29.6 Å². The molecule has 1 aromatic carbocycles. The number of hydrogen-bond donors (Lipinski definition) is 1. The summed E-state index contributed by atoms with van der Waals surface area (Å²) >= 11 is 1.54. The number of methoxy groups -OCH3 is 1. The molecule has 1 unspecified atom stereocenters. The average molecular weight is 262 g/mol. The van der Waals surface area contributed by atoms with Gasteiger partial charge in [0.25, 0.3) is 0 Å². The zero-order chi connectivity index (χ0) is 13.1. The van der Waals surface area contributed by atoms with E-state index in [4.69, 9.17) is 4.74 Å². The van der Waals surface area contributed by atoms with Gasteiger partial charge in [-0.1, -0.05) is 23.8 Å². The summed E-state index contributed by atoms with van der Waals surface area (Å²) in [5.41, 5.74) is 3.66. The Morgan fingerprint density at radius 2 is 2.06 bits per heavy atom. The molecule has 0 aliphatic heterocycles. The van der Waals surface area contributed by atoms with Crippen LogP contribution in [0.4, 0.5) is 0 Å². The molecule has 0 saturated carbocycles. The Morgan fingerprint density at radius 1 is 1.28 bits per heavy atom. The second-order valence-electron chi connectivity index (χ2n) is 4.54. The van der Waals surface area contributed by atoms with E-state index < -0.39 is 6.10 Å². The summed E-state index contributed by atoms with van der Waals surface area (Å²) in [5.74, 6) is 0.815. The maximum atomic E-state index is 10.3. The maximum absolute atomic E-state index is 10.3. The molecular weight excluding hydrogens is 244 g/mol. The smallest absolute Gasteiger partial charge is 0.129 e. The van der Waals surface area contributed by atoms with Gasteiger partial charge in [0.15, 0.2) is 0 Å². The van der Waals surface area contributed by atoms with E-state index in [-0.39, 0.29) is 0 Å². The van der Waals surface area contributed by atoms with Gasteiger partial charge < -0.3 is 9.84 Å². The Balaban J connectivity index is 2.15. The number of aliphatic hydroxyl groups is 1. The summed E-state index contributed by atoms with van der Waals surface area (Å²) in [6.45, 7) is 4.15. The van der Waals surface area contributed by atoms with Crippen molar-refractivity contribution in [2.75, 3.05) is 7.11 Å². The minimum atomic E-state index is -0.459. The molecule has 1 atom stereocenters. The van der Waals surface area contributed by atoms with Crippen molar-refractivity contribution in [2.45, 2.75) is 26.4 Å². The Hall–Kier alpha value is -1.32. The molecule has 0 aliphatic carbocycles. The minimum Gasteiger partial charge on any atom is -0.496 e. The van der Waals surface area contributed by atoms with Crippen molar-refractivity contribution >= 4 is 11.3 Å². The summed E-state index contributed by atoms with van der Waals surface area (Å²) in [5, 5.41) is 12.2. The molecule has 0 radical (unpaired) electrons. The van der Waals surface area contributed by atoms with Crippen molar-refractivity contribution in [1.29, 1.82) is 0 Å². The molecule has 0 amide bonds. The lowest BCUT2D eigenvalue weighted by molar-refractivity contribution is 0.182. The van der Waals surface area contributed by atoms with Crippen molar-refractivity contribution in [3.63, 3.8) is 0 Å². The monoisotopic (exact) mass is 262 g/mol. The lowest BCUT2D eigenvalue weighted by Gasteiger charge is -2.11. The minimum absolute atomic E-state index is 0.459. The van der Waals surface area contributed by atoms with Crippen LogP contribution in [0.25, 0.3) is 0 Å². The van der Waals surface area contributed by atoms with E-state index in [0.29, 0.717) is 6.42 Å². The van der Waals surface area contributed by atoms with Gasteiger partial charge in [-0.05, 0) is 31.0 Å². The second-order valence-corrected chi connectivity index (χ2v) is 5.48. The fraction of sp³-hybridized carbons (Fsp3) is 0.333. The van der Waals surface area contributed by atoms with Gasteiger partial charge in [-0.25, -0.2) is 0 Å². The summed E-state index contributed by atoms with van der Waals surface area (Å²) in [6.07, 6.45) is 0.191. The highest BCUT2D eigenvalue weighted by molar-refractivity contribution is 7.10. The standard InChI is InChI=1S/C15H18O2S/c1-10-4-5-11(2)12(6-10)7-14(16)15-8-13(17-3)9-18-15/h4-6,8-9,14,16H,7H2,1-3H3. The molecule has 0 aliphatic rings. The Bertz CT molecular complexity index is 531. The maximum Gasteiger partial charge on any atom is 0.129 e. The highest BCUT2D eigenvalue weighted by atomic mass is 32.1. The zero-order valence-corrected chi connectivity index (χ0v) is 11.8. The van der Waals surface area contributed by atoms with Gasteiger partial charge in [-0.2, -0.15) is 0 Å². The molecule has 2 nitrogen and oxygen atoms in total. The normalized spacial score (nSPS) is 12.4. The fourth-order valence-electron chi connectivity index (χ4n) is 1.95.